The van der Waals surface area contributed by atoms with Crippen LogP contribution in [0.1, 0.15) is 26.3 Å². The highest BCUT2D eigenvalue weighted by Crippen LogP contribution is 2.35. The van der Waals surface area contributed by atoms with E-state index in [1.807, 2.05) is 26.0 Å². The third-order valence-electron chi connectivity index (χ3n) is 4.80. The van der Waals surface area contributed by atoms with Gasteiger partial charge in [0, 0.05) is 6.54 Å². The maximum absolute atomic E-state index is 12.8. The van der Waals surface area contributed by atoms with Gasteiger partial charge in [0.1, 0.15) is 5.75 Å². The zero-order valence-electron chi connectivity index (χ0n) is 18.0. The first kappa shape index (κ1) is 22.7. The molecule has 0 aromatic heterocycles. The van der Waals surface area contributed by atoms with Crippen LogP contribution in [-0.4, -0.2) is 45.9 Å². The molecule has 168 valence electrons. The van der Waals surface area contributed by atoms with Crippen LogP contribution in [0.15, 0.2) is 42.5 Å². The van der Waals surface area contributed by atoms with Crippen molar-refractivity contribution in [3.8, 4) is 17.2 Å². The molecule has 1 atom stereocenters. The molecule has 0 fully saturated rings. The van der Waals surface area contributed by atoms with Crippen LogP contribution in [0.4, 0.5) is 5.69 Å². The maximum atomic E-state index is 12.8. The van der Waals surface area contributed by atoms with E-state index in [4.69, 9.17) is 14.2 Å². The average Bonchev–Trinajstić information content (AvgIpc) is 2.78. The van der Waals surface area contributed by atoms with E-state index in [1.54, 1.807) is 37.3 Å². The summed E-state index contributed by atoms with van der Waals surface area (Å²) in [6.07, 6.45) is -0.953. The first-order valence-corrected chi connectivity index (χ1v) is 11.9. The van der Waals surface area contributed by atoms with E-state index < -0.39 is 22.0 Å². The predicted molar refractivity (Wildman–Crippen MR) is 118 cm³/mol. The van der Waals surface area contributed by atoms with E-state index >= 15 is 0 Å². The quantitative estimate of drug-likeness (QED) is 0.634. The average molecular weight is 449 g/mol. The first-order valence-electron chi connectivity index (χ1n) is 10.3. The second-order valence-corrected chi connectivity index (χ2v) is 9.05. The van der Waals surface area contributed by atoms with Crippen LogP contribution in [0.5, 0.6) is 17.2 Å². The van der Waals surface area contributed by atoms with Gasteiger partial charge in [0.25, 0.3) is 5.91 Å². The van der Waals surface area contributed by atoms with E-state index in [0.29, 0.717) is 36.1 Å². The molecular weight excluding hydrogens is 420 g/mol. The van der Waals surface area contributed by atoms with Crippen LogP contribution in [0.2, 0.25) is 0 Å². The van der Waals surface area contributed by atoms with Crippen LogP contribution < -0.4 is 23.8 Å². The van der Waals surface area contributed by atoms with Crippen molar-refractivity contribution in [1.82, 2.24) is 5.32 Å². The van der Waals surface area contributed by atoms with Crippen molar-refractivity contribution in [2.75, 3.05) is 29.8 Å². The van der Waals surface area contributed by atoms with E-state index in [9.17, 15) is 13.2 Å². The minimum Gasteiger partial charge on any atom is -0.490 e. The molecule has 1 amide bonds. The van der Waals surface area contributed by atoms with Crippen LogP contribution in [0, 0.1) is 0 Å². The lowest BCUT2D eigenvalue weighted by Gasteiger charge is -2.34. The SMILES string of the molecule is CCOc1ccc(CNC(=O)C2CN(S(=O)(=O)CC)c3ccccc3O2)cc1OCC. The van der Waals surface area contributed by atoms with Gasteiger partial charge in [-0.25, -0.2) is 8.42 Å². The highest BCUT2D eigenvalue weighted by Gasteiger charge is 2.35. The number of para-hydroxylation sites is 2. The van der Waals surface area contributed by atoms with Gasteiger partial charge < -0.3 is 19.5 Å². The number of nitrogens with zero attached hydrogens (tertiary/aromatic N) is 1. The smallest absolute Gasteiger partial charge is 0.263 e. The summed E-state index contributed by atoms with van der Waals surface area (Å²) >= 11 is 0. The second-order valence-electron chi connectivity index (χ2n) is 6.87. The molecule has 1 unspecified atom stereocenters. The van der Waals surface area contributed by atoms with Crippen molar-refractivity contribution in [2.45, 2.75) is 33.4 Å². The molecule has 3 rings (SSSR count). The Morgan fingerprint density at radius 2 is 1.81 bits per heavy atom. The maximum Gasteiger partial charge on any atom is 0.263 e. The van der Waals surface area contributed by atoms with Crippen LogP contribution in [-0.2, 0) is 21.4 Å². The van der Waals surface area contributed by atoms with Gasteiger partial charge in [0.2, 0.25) is 10.0 Å². The van der Waals surface area contributed by atoms with Gasteiger partial charge in [-0.1, -0.05) is 18.2 Å². The van der Waals surface area contributed by atoms with E-state index in [0.717, 1.165) is 5.56 Å². The van der Waals surface area contributed by atoms with E-state index in [-0.39, 0.29) is 18.8 Å². The lowest BCUT2D eigenvalue weighted by Crippen LogP contribution is -2.50. The molecule has 9 heteroatoms. The summed E-state index contributed by atoms with van der Waals surface area (Å²) in [5.74, 6) is 1.16. The molecule has 0 spiro atoms. The molecule has 1 aliphatic heterocycles. The number of carbonyl (C=O) groups is 1. The Hall–Kier alpha value is -2.94. The summed E-state index contributed by atoms with van der Waals surface area (Å²) in [5, 5.41) is 2.83. The Bertz CT molecular complexity index is 1020. The minimum atomic E-state index is -3.55. The van der Waals surface area contributed by atoms with E-state index in [1.165, 1.54) is 4.31 Å². The van der Waals surface area contributed by atoms with Crippen molar-refractivity contribution >= 4 is 21.6 Å². The lowest BCUT2D eigenvalue weighted by molar-refractivity contribution is -0.127. The van der Waals surface area contributed by atoms with Crippen molar-refractivity contribution in [3.63, 3.8) is 0 Å². The number of sulfonamides is 1. The molecule has 0 saturated carbocycles. The number of fused-ring (bicyclic) bond motifs is 1. The molecule has 8 nitrogen and oxygen atoms in total. The summed E-state index contributed by atoms with van der Waals surface area (Å²) in [4.78, 5) is 12.8. The summed E-state index contributed by atoms with van der Waals surface area (Å²) < 4.78 is 43.4. The molecule has 1 aliphatic rings. The van der Waals surface area contributed by atoms with Gasteiger partial charge in [-0.2, -0.15) is 0 Å². The van der Waals surface area contributed by atoms with Crippen molar-refractivity contribution in [1.29, 1.82) is 0 Å². The molecule has 0 saturated heterocycles. The molecule has 0 radical (unpaired) electrons. The van der Waals surface area contributed by atoms with Gasteiger partial charge in [-0.3, -0.25) is 9.10 Å². The van der Waals surface area contributed by atoms with Crippen LogP contribution in [0.25, 0.3) is 0 Å². The number of hydrogen-bond donors (Lipinski definition) is 1. The fraction of sp³-hybridized carbons (Fsp3) is 0.409. The van der Waals surface area contributed by atoms with Gasteiger partial charge in [0.15, 0.2) is 17.6 Å². The summed E-state index contributed by atoms with van der Waals surface area (Å²) in [5.41, 5.74) is 1.27. The zero-order valence-corrected chi connectivity index (χ0v) is 18.8. The van der Waals surface area contributed by atoms with Gasteiger partial charge in [-0.15, -0.1) is 0 Å². The molecule has 1 heterocycles. The second kappa shape index (κ2) is 9.91. The summed E-state index contributed by atoms with van der Waals surface area (Å²) in [6, 6.07) is 12.3. The largest absolute Gasteiger partial charge is 0.490 e. The molecule has 1 N–H and O–H groups in total. The summed E-state index contributed by atoms with van der Waals surface area (Å²) in [7, 11) is -3.55. The molecule has 2 aromatic carbocycles. The Kier molecular flexibility index (Phi) is 7.27. The van der Waals surface area contributed by atoms with Gasteiger partial charge in [-0.05, 0) is 50.6 Å². The monoisotopic (exact) mass is 448 g/mol. The highest BCUT2D eigenvalue weighted by molar-refractivity contribution is 7.92. The third kappa shape index (κ3) is 5.22. The van der Waals surface area contributed by atoms with Crippen molar-refractivity contribution < 1.29 is 27.4 Å². The van der Waals surface area contributed by atoms with Gasteiger partial charge >= 0.3 is 0 Å². The van der Waals surface area contributed by atoms with Crippen LogP contribution in [0.3, 0.4) is 0 Å². The number of benzene rings is 2. The van der Waals surface area contributed by atoms with Crippen LogP contribution >= 0.6 is 0 Å². The number of ether oxygens (including phenoxy) is 3. The highest BCUT2D eigenvalue weighted by atomic mass is 32.2. The molecule has 0 aliphatic carbocycles. The fourth-order valence-corrected chi connectivity index (χ4v) is 4.39. The zero-order chi connectivity index (χ0) is 22.4. The molecule has 0 bridgehead atoms. The number of anilines is 1. The topological polar surface area (TPSA) is 94.2 Å². The van der Waals surface area contributed by atoms with Crippen molar-refractivity contribution in [3.05, 3.63) is 48.0 Å². The van der Waals surface area contributed by atoms with Crippen molar-refractivity contribution in [2.24, 2.45) is 0 Å². The lowest BCUT2D eigenvalue weighted by atomic mass is 10.2. The number of hydrogen-bond acceptors (Lipinski definition) is 6. The Labute approximate surface area is 183 Å². The Morgan fingerprint density at radius 3 is 2.52 bits per heavy atom. The summed E-state index contributed by atoms with van der Waals surface area (Å²) in [6.45, 7) is 6.54. The predicted octanol–water partition coefficient (Wildman–Crippen LogP) is 2.72. The first-order chi connectivity index (χ1) is 14.9. The standard InChI is InChI=1S/C22H28N2O6S/c1-4-28-19-12-11-16(13-20(19)29-5-2)14-23-22(25)21-15-24(31(26,27)6-3)17-9-7-8-10-18(17)30-21/h7-13,21H,4-6,14-15H2,1-3H3,(H,23,25). The number of amides is 1. The third-order valence-corrected chi connectivity index (χ3v) is 6.55. The molecular formula is C22H28N2O6S. The Morgan fingerprint density at radius 1 is 1.10 bits per heavy atom. The molecule has 31 heavy (non-hydrogen) atoms. The number of rotatable bonds is 9. The fourth-order valence-electron chi connectivity index (χ4n) is 3.27. The minimum absolute atomic E-state index is 0.0674. The van der Waals surface area contributed by atoms with E-state index in [2.05, 4.69) is 5.32 Å². The number of carbonyl (C=O) groups excluding carboxylic acids is 1. The van der Waals surface area contributed by atoms with Gasteiger partial charge in [0.05, 0.1) is 31.2 Å². The Balaban J connectivity index is 1.73. The number of nitrogens with one attached hydrogen (secondary N) is 1. The normalized spacial score (nSPS) is 15.6. The molecule has 2 aromatic rings.